The molecule has 9 heteroatoms. The van der Waals surface area contributed by atoms with Gasteiger partial charge >= 0.3 is 0 Å². The van der Waals surface area contributed by atoms with Gasteiger partial charge in [0.25, 0.3) is 5.91 Å². The molecule has 0 fully saturated rings. The Labute approximate surface area is 187 Å². The molecule has 1 N–H and O–H groups in total. The van der Waals surface area contributed by atoms with Crippen LogP contribution in [0, 0.1) is 6.92 Å². The number of carbonyl (C=O) groups excluding carboxylic acids is 1. The van der Waals surface area contributed by atoms with Crippen molar-refractivity contribution >= 4 is 22.4 Å². The van der Waals surface area contributed by atoms with Gasteiger partial charge in [0.05, 0.1) is 0 Å². The van der Waals surface area contributed by atoms with Gasteiger partial charge in [-0.3, -0.25) is 15.1 Å². The third kappa shape index (κ3) is 4.14. The summed E-state index contributed by atoms with van der Waals surface area (Å²) >= 11 is 1.26. The van der Waals surface area contributed by atoms with Crippen LogP contribution in [0.5, 0.6) is 0 Å². The lowest BCUT2D eigenvalue weighted by molar-refractivity contribution is 0.102. The van der Waals surface area contributed by atoms with Gasteiger partial charge in [0.1, 0.15) is 5.69 Å². The molecule has 0 radical (unpaired) electrons. The summed E-state index contributed by atoms with van der Waals surface area (Å²) in [5.41, 5.74) is 3.88. The number of pyridine rings is 1. The second kappa shape index (κ2) is 8.48. The molecular weight excluding hydrogens is 424 g/mol. The van der Waals surface area contributed by atoms with Gasteiger partial charge in [-0.2, -0.15) is 0 Å². The highest BCUT2D eigenvalue weighted by atomic mass is 32.1. The first-order valence-corrected chi connectivity index (χ1v) is 10.5. The molecule has 3 aromatic heterocycles. The van der Waals surface area contributed by atoms with Crippen molar-refractivity contribution in [2.24, 2.45) is 0 Å². The van der Waals surface area contributed by atoms with Crippen LogP contribution in [0.2, 0.25) is 0 Å². The van der Waals surface area contributed by atoms with Gasteiger partial charge < -0.3 is 4.42 Å². The number of carbonyl (C=O) groups is 1. The number of aromatic nitrogens is 5. The topological polar surface area (TPSA) is 107 Å². The van der Waals surface area contributed by atoms with Crippen LogP contribution in [-0.4, -0.2) is 31.3 Å². The number of anilines is 1. The van der Waals surface area contributed by atoms with E-state index in [1.54, 1.807) is 30.5 Å². The summed E-state index contributed by atoms with van der Waals surface area (Å²) in [5.74, 6) is 0.550. The minimum absolute atomic E-state index is 0.286. The van der Waals surface area contributed by atoms with Crippen LogP contribution in [0.4, 0.5) is 5.13 Å². The number of hydrogen-bond donors (Lipinski definition) is 1. The molecule has 32 heavy (non-hydrogen) atoms. The van der Waals surface area contributed by atoms with Crippen molar-refractivity contribution in [2.45, 2.75) is 6.92 Å². The Balaban J connectivity index is 1.29. The smallest absolute Gasteiger partial charge is 0.257 e. The van der Waals surface area contributed by atoms with E-state index in [0.717, 1.165) is 16.7 Å². The summed E-state index contributed by atoms with van der Waals surface area (Å²) in [6, 6.07) is 20.3. The van der Waals surface area contributed by atoms with Crippen molar-refractivity contribution < 1.29 is 9.21 Å². The molecule has 0 unspecified atom stereocenters. The number of aryl methyl sites for hydroxylation is 1. The summed E-state index contributed by atoms with van der Waals surface area (Å²) in [4.78, 5) is 16.8. The second-order valence-corrected chi connectivity index (χ2v) is 7.92. The second-order valence-electron chi connectivity index (χ2n) is 6.94. The van der Waals surface area contributed by atoms with Crippen molar-refractivity contribution in [1.82, 2.24) is 25.4 Å². The zero-order valence-electron chi connectivity index (χ0n) is 16.9. The van der Waals surface area contributed by atoms with Gasteiger partial charge in [-0.15, -0.1) is 20.4 Å². The minimum atomic E-state index is -0.286. The van der Waals surface area contributed by atoms with Crippen molar-refractivity contribution in [3.05, 3.63) is 84.1 Å². The number of nitrogens with zero attached hydrogens (tertiary/aromatic N) is 5. The molecule has 0 aliphatic carbocycles. The van der Waals surface area contributed by atoms with Gasteiger partial charge in [0.2, 0.25) is 16.9 Å². The lowest BCUT2D eigenvalue weighted by Gasteiger charge is -2.02. The van der Waals surface area contributed by atoms with E-state index >= 15 is 0 Å². The summed E-state index contributed by atoms with van der Waals surface area (Å²) < 4.78 is 5.81. The SMILES string of the molecule is Cc1cccc(-c2nnc(-c3ccc(C(=O)Nc4nnc(-c5ccccn5)s4)cc3)o2)c1. The van der Waals surface area contributed by atoms with E-state index in [0.29, 0.717) is 33.2 Å². The van der Waals surface area contributed by atoms with Gasteiger partial charge in [-0.05, 0) is 55.5 Å². The third-order valence-corrected chi connectivity index (χ3v) is 5.47. The quantitative estimate of drug-likeness (QED) is 0.415. The maximum atomic E-state index is 12.6. The standard InChI is InChI=1S/C23H16N6O2S/c1-14-5-4-6-17(13-14)21-27-26-20(31-21)16-10-8-15(9-11-16)19(30)25-23-29-28-22(32-23)18-7-2-3-12-24-18/h2-13H,1H3,(H,25,29,30). The Bertz CT molecular complexity index is 1380. The molecule has 3 heterocycles. The molecule has 1 amide bonds. The predicted octanol–water partition coefficient (Wildman–Crippen LogP) is 4.88. The first kappa shape index (κ1) is 19.7. The van der Waals surface area contributed by atoms with Crippen molar-refractivity contribution in [3.8, 4) is 33.6 Å². The van der Waals surface area contributed by atoms with Crippen LogP contribution in [0.25, 0.3) is 33.6 Å². The Hall–Kier alpha value is -4.24. The normalized spacial score (nSPS) is 10.8. The molecule has 0 atom stereocenters. The fourth-order valence-corrected chi connectivity index (χ4v) is 3.75. The number of hydrogen-bond acceptors (Lipinski definition) is 8. The average molecular weight is 440 g/mol. The minimum Gasteiger partial charge on any atom is -0.416 e. The van der Waals surface area contributed by atoms with Crippen molar-refractivity contribution in [3.63, 3.8) is 0 Å². The molecule has 5 aromatic rings. The largest absolute Gasteiger partial charge is 0.416 e. The van der Waals surface area contributed by atoms with Crippen molar-refractivity contribution in [2.75, 3.05) is 5.32 Å². The molecule has 0 bridgehead atoms. The Morgan fingerprint density at radius 3 is 2.44 bits per heavy atom. The Kier molecular flexibility index (Phi) is 5.22. The highest BCUT2D eigenvalue weighted by Crippen LogP contribution is 2.26. The first-order valence-electron chi connectivity index (χ1n) is 9.73. The predicted molar refractivity (Wildman–Crippen MR) is 121 cm³/mol. The maximum Gasteiger partial charge on any atom is 0.257 e. The zero-order chi connectivity index (χ0) is 21.9. The molecule has 2 aromatic carbocycles. The lowest BCUT2D eigenvalue weighted by Crippen LogP contribution is -2.11. The number of nitrogens with one attached hydrogen (secondary N) is 1. The van der Waals surface area contributed by atoms with Crippen LogP contribution in [0.1, 0.15) is 15.9 Å². The molecule has 0 saturated carbocycles. The molecule has 0 aliphatic rings. The Morgan fingerprint density at radius 1 is 0.875 bits per heavy atom. The Morgan fingerprint density at radius 2 is 1.69 bits per heavy atom. The molecule has 0 saturated heterocycles. The third-order valence-electron chi connectivity index (χ3n) is 4.61. The first-order chi connectivity index (χ1) is 15.7. The average Bonchev–Trinajstić information content (AvgIpc) is 3.50. The molecule has 156 valence electrons. The number of benzene rings is 2. The van der Waals surface area contributed by atoms with Gasteiger partial charge in [0, 0.05) is 22.9 Å². The monoisotopic (exact) mass is 440 g/mol. The van der Waals surface area contributed by atoms with E-state index in [4.69, 9.17) is 4.42 Å². The van der Waals surface area contributed by atoms with Gasteiger partial charge in [0.15, 0.2) is 5.01 Å². The van der Waals surface area contributed by atoms with Crippen LogP contribution >= 0.6 is 11.3 Å². The van der Waals surface area contributed by atoms with Crippen molar-refractivity contribution in [1.29, 1.82) is 0 Å². The van der Waals surface area contributed by atoms with Crippen LogP contribution < -0.4 is 5.32 Å². The van der Waals surface area contributed by atoms with E-state index in [9.17, 15) is 4.79 Å². The highest BCUT2D eigenvalue weighted by Gasteiger charge is 2.14. The summed E-state index contributed by atoms with van der Waals surface area (Å²) in [7, 11) is 0. The van der Waals surface area contributed by atoms with E-state index < -0.39 is 0 Å². The molecule has 0 spiro atoms. The molecule has 5 rings (SSSR count). The van der Waals surface area contributed by atoms with E-state index in [1.807, 2.05) is 49.4 Å². The summed E-state index contributed by atoms with van der Waals surface area (Å²) in [6.45, 7) is 2.01. The van der Waals surface area contributed by atoms with E-state index in [1.165, 1.54) is 11.3 Å². The summed E-state index contributed by atoms with van der Waals surface area (Å²) in [5, 5.41) is 20.2. The van der Waals surface area contributed by atoms with Crippen LogP contribution in [0.3, 0.4) is 0 Å². The van der Waals surface area contributed by atoms with E-state index in [2.05, 4.69) is 30.7 Å². The maximum absolute atomic E-state index is 12.6. The highest BCUT2D eigenvalue weighted by molar-refractivity contribution is 7.18. The fourth-order valence-electron chi connectivity index (χ4n) is 3.03. The van der Waals surface area contributed by atoms with Crippen LogP contribution in [-0.2, 0) is 0 Å². The molecule has 0 aliphatic heterocycles. The van der Waals surface area contributed by atoms with Gasteiger partial charge in [-0.25, -0.2) is 0 Å². The summed E-state index contributed by atoms with van der Waals surface area (Å²) in [6.07, 6.45) is 1.68. The van der Waals surface area contributed by atoms with Gasteiger partial charge in [-0.1, -0.05) is 35.1 Å². The van der Waals surface area contributed by atoms with E-state index in [-0.39, 0.29) is 5.91 Å². The van der Waals surface area contributed by atoms with Crippen LogP contribution in [0.15, 0.2) is 77.3 Å². The molecular formula is C23H16N6O2S. The zero-order valence-corrected chi connectivity index (χ0v) is 17.7. The lowest BCUT2D eigenvalue weighted by atomic mass is 10.1. The molecule has 8 nitrogen and oxygen atoms in total. The number of rotatable bonds is 5. The fraction of sp³-hybridized carbons (Fsp3) is 0.0435. The number of amides is 1.